The number of nitrogens with zero attached hydrogens (tertiary/aromatic N) is 1. The molecule has 116 valence electrons. The minimum atomic E-state index is -0.284. The Hall–Kier alpha value is -0.610. The normalized spacial score (nSPS) is 29.6. The van der Waals surface area contributed by atoms with E-state index in [-0.39, 0.29) is 17.9 Å². The maximum Gasteiger partial charge on any atom is 0.219 e. The number of carbonyl (C=O) groups excluding carboxylic acids is 1. The van der Waals surface area contributed by atoms with Gasteiger partial charge < -0.3 is 15.3 Å². The van der Waals surface area contributed by atoms with Crippen LogP contribution in [0.1, 0.15) is 52.4 Å². The lowest BCUT2D eigenvalue weighted by Crippen LogP contribution is -2.53. The van der Waals surface area contributed by atoms with E-state index in [0.717, 1.165) is 31.8 Å². The molecule has 1 aliphatic heterocycles. The predicted molar refractivity (Wildman–Crippen MR) is 80.4 cm³/mol. The molecule has 2 N–H and O–H groups in total. The lowest BCUT2D eigenvalue weighted by atomic mass is 9.88. The number of amides is 1. The van der Waals surface area contributed by atoms with Gasteiger partial charge in [0, 0.05) is 32.0 Å². The molecule has 1 amide bonds. The van der Waals surface area contributed by atoms with Gasteiger partial charge in [0.25, 0.3) is 0 Å². The summed E-state index contributed by atoms with van der Waals surface area (Å²) in [6, 6.07) is 0.347. The van der Waals surface area contributed by atoms with Gasteiger partial charge in [-0.1, -0.05) is 19.8 Å². The van der Waals surface area contributed by atoms with Crippen molar-refractivity contribution in [2.24, 2.45) is 11.8 Å². The highest BCUT2D eigenvalue weighted by molar-refractivity contribution is 5.73. The van der Waals surface area contributed by atoms with Crippen molar-refractivity contribution in [2.45, 2.75) is 64.5 Å². The van der Waals surface area contributed by atoms with Crippen LogP contribution in [0.3, 0.4) is 0 Å². The van der Waals surface area contributed by atoms with E-state index in [1.54, 1.807) is 6.92 Å². The number of rotatable bonds is 5. The molecule has 4 nitrogen and oxygen atoms in total. The minimum Gasteiger partial charge on any atom is -0.393 e. The van der Waals surface area contributed by atoms with Crippen LogP contribution in [0.2, 0.25) is 0 Å². The summed E-state index contributed by atoms with van der Waals surface area (Å²) in [5.41, 5.74) is 0. The first-order valence-electron chi connectivity index (χ1n) is 8.27. The van der Waals surface area contributed by atoms with Crippen LogP contribution in [0.5, 0.6) is 0 Å². The maximum absolute atomic E-state index is 11.7. The molecule has 1 heterocycles. The van der Waals surface area contributed by atoms with E-state index in [9.17, 15) is 9.90 Å². The molecule has 3 unspecified atom stereocenters. The SMILES string of the molecule is CCC(O)C1CC(NCC2CCCC2)CN(C(C)=O)C1. The topological polar surface area (TPSA) is 52.6 Å². The predicted octanol–water partition coefficient (Wildman–Crippen LogP) is 1.77. The molecule has 2 aliphatic rings. The average Bonchev–Trinajstić information content (AvgIpc) is 2.97. The molecular weight excluding hydrogens is 252 g/mol. The van der Waals surface area contributed by atoms with Gasteiger partial charge in [-0.15, -0.1) is 0 Å². The molecule has 4 heteroatoms. The number of hydrogen-bond acceptors (Lipinski definition) is 3. The van der Waals surface area contributed by atoms with Gasteiger partial charge in [-0.3, -0.25) is 4.79 Å². The van der Waals surface area contributed by atoms with Gasteiger partial charge in [0.2, 0.25) is 5.91 Å². The van der Waals surface area contributed by atoms with E-state index >= 15 is 0 Å². The summed E-state index contributed by atoms with van der Waals surface area (Å²) in [6.07, 6.45) is 6.90. The molecule has 0 aromatic heterocycles. The molecule has 0 spiro atoms. The molecular formula is C16H30N2O2. The third-order valence-electron chi connectivity index (χ3n) is 5.06. The summed E-state index contributed by atoms with van der Waals surface area (Å²) < 4.78 is 0. The average molecular weight is 282 g/mol. The number of aliphatic hydroxyl groups excluding tert-OH is 1. The Balaban J connectivity index is 1.87. The highest BCUT2D eigenvalue weighted by atomic mass is 16.3. The van der Waals surface area contributed by atoms with E-state index in [1.807, 2.05) is 11.8 Å². The van der Waals surface area contributed by atoms with Crippen molar-refractivity contribution < 1.29 is 9.90 Å². The number of likely N-dealkylation sites (tertiary alicyclic amines) is 1. The zero-order valence-corrected chi connectivity index (χ0v) is 13.0. The molecule has 0 bridgehead atoms. The maximum atomic E-state index is 11.7. The number of piperidine rings is 1. The van der Waals surface area contributed by atoms with Crippen LogP contribution < -0.4 is 5.32 Å². The molecule has 0 aromatic rings. The monoisotopic (exact) mass is 282 g/mol. The van der Waals surface area contributed by atoms with E-state index in [1.165, 1.54) is 25.7 Å². The smallest absolute Gasteiger partial charge is 0.219 e. The molecule has 1 aliphatic carbocycles. The molecule has 1 saturated carbocycles. The molecule has 2 fully saturated rings. The van der Waals surface area contributed by atoms with Gasteiger partial charge in [-0.2, -0.15) is 0 Å². The highest BCUT2D eigenvalue weighted by Gasteiger charge is 2.32. The van der Waals surface area contributed by atoms with Crippen molar-refractivity contribution in [3.8, 4) is 0 Å². The summed E-state index contributed by atoms with van der Waals surface area (Å²) in [5.74, 6) is 1.17. The third-order valence-corrected chi connectivity index (χ3v) is 5.06. The van der Waals surface area contributed by atoms with Crippen LogP contribution in [0.25, 0.3) is 0 Å². The van der Waals surface area contributed by atoms with Gasteiger partial charge in [0.1, 0.15) is 0 Å². The first-order chi connectivity index (χ1) is 9.60. The number of carbonyl (C=O) groups is 1. The summed E-state index contributed by atoms with van der Waals surface area (Å²) in [4.78, 5) is 13.6. The van der Waals surface area contributed by atoms with E-state index < -0.39 is 0 Å². The van der Waals surface area contributed by atoms with Gasteiger partial charge >= 0.3 is 0 Å². The first kappa shape index (κ1) is 15.8. The van der Waals surface area contributed by atoms with Gasteiger partial charge in [0.05, 0.1) is 6.10 Å². The Kier molecular flexibility index (Phi) is 5.85. The van der Waals surface area contributed by atoms with Crippen LogP contribution in [0.4, 0.5) is 0 Å². The van der Waals surface area contributed by atoms with Crippen LogP contribution in [-0.4, -0.2) is 47.7 Å². The Labute approximate surface area is 122 Å². The van der Waals surface area contributed by atoms with Crippen LogP contribution in [-0.2, 0) is 4.79 Å². The first-order valence-corrected chi connectivity index (χ1v) is 8.27. The van der Waals surface area contributed by atoms with Crippen molar-refractivity contribution in [1.82, 2.24) is 10.2 Å². The fourth-order valence-corrected chi connectivity index (χ4v) is 3.70. The molecule has 2 rings (SSSR count). The van der Waals surface area contributed by atoms with Crippen LogP contribution >= 0.6 is 0 Å². The lowest BCUT2D eigenvalue weighted by molar-refractivity contribution is -0.132. The van der Waals surface area contributed by atoms with Crippen molar-refractivity contribution in [1.29, 1.82) is 0 Å². The number of nitrogens with one attached hydrogen (secondary N) is 1. The van der Waals surface area contributed by atoms with E-state index in [2.05, 4.69) is 5.32 Å². The fraction of sp³-hybridized carbons (Fsp3) is 0.938. The molecule has 1 saturated heterocycles. The van der Waals surface area contributed by atoms with Crippen LogP contribution in [0, 0.1) is 11.8 Å². The summed E-state index contributed by atoms with van der Waals surface area (Å²) in [7, 11) is 0. The Morgan fingerprint density at radius 3 is 2.65 bits per heavy atom. The zero-order valence-electron chi connectivity index (χ0n) is 13.0. The van der Waals surface area contributed by atoms with Crippen molar-refractivity contribution >= 4 is 5.91 Å². The van der Waals surface area contributed by atoms with Crippen molar-refractivity contribution in [3.05, 3.63) is 0 Å². The lowest BCUT2D eigenvalue weighted by Gasteiger charge is -2.39. The third kappa shape index (κ3) is 4.19. The van der Waals surface area contributed by atoms with Crippen molar-refractivity contribution in [2.75, 3.05) is 19.6 Å². The van der Waals surface area contributed by atoms with Gasteiger partial charge in [-0.25, -0.2) is 0 Å². The Morgan fingerprint density at radius 2 is 2.05 bits per heavy atom. The molecule has 0 aromatic carbocycles. The second-order valence-corrected chi connectivity index (χ2v) is 6.65. The quantitative estimate of drug-likeness (QED) is 0.808. The molecule has 3 atom stereocenters. The second-order valence-electron chi connectivity index (χ2n) is 6.65. The van der Waals surface area contributed by atoms with Gasteiger partial charge in [-0.05, 0) is 38.1 Å². The van der Waals surface area contributed by atoms with Gasteiger partial charge in [0.15, 0.2) is 0 Å². The minimum absolute atomic E-state index is 0.130. The number of hydrogen-bond donors (Lipinski definition) is 2. The number of aliphatic hydroxyl groups is 1. The Morgan fingerprint density at radius 1 is 1.35 bits per heavy atom. The summed E-state index contributed by atoms with van der Waals surface area (Å²) in [5, 5.41) is 13.8. The van der Waals surface area contributed by atoms with E-state index in [0.29, 0.717) is 12.6 Å². The molecule has 0 radical (unpaired) electrons. The largest absolute Gasteiger partial charge is 0.393 e. The van der Waals surface area contributed by atoms with Crippen molar-refractivity contribution in [3.63, 3.8) is 0 Å². The van der Waals surface area contributed by atoms with Crippen LogP contribution in [0.15, 0.2) is 0 Å². The summed E-state index contributed by atoms with van der Waals surface area (Å²) >= 11 is 0. The second kappa shape index (κ2) is 7.41. The van der Waals surface area contributed by atoms with E-state index in [4.69, 9.17) is 0 Å². The fourth-order valence-electron chi connectivity index (χ4n) is 3.70. The molecule has 20 heavy (non-hydrogen) atoms. The highest BCUT2D eigenvalue weighted by Crippen LogP contribution is 2.26. The summed E-state index contributed by atoms with van der Waals surface area (Å²) in [6.45, 7) is 6.24. The Bertz CT molecular complexity index is 316. The zero-order chi connectivity index (χ0) is 14.5. The standard InChI is InChI=1S/C16H30N2O2/c1-3-16(20)14-8-15(11-18(10-14)12(2)19)17-9-13-6-4-5-7-13/h13-17,20H,3-11H2,1-2H3.